The van der Waals surface area contributed by atoms with E-state index in [1.54, 1.807) is 6.33 Å². The Morgan fingerprint density at radius 3 is 2.69 bits per heavy atom. The second kappa shape index (κ2) is 7.00. The summed E-state index contributed by atoms with van der Waals surface area (Å²) in [6.07, 6.45) is 6.66. The molecule has 0 bridgehead atoms. The van der Waals surface area contributed by atoms with E-state index >= 15 is 0 Å². The summed E-state index contributed by atoms with van der Waals surface area (Å²) in [5, 5.41) is 23.1. The quantitative estimate of drug-likeness (QED) is 0.472. The average Bonchev–Trinajstić information content (AvgIpc) is 3.05. The van der Waals surface area contributed by atoms with Gasteiger partial charge in [0.2, 0.25) is 0 Å². The van der Waals surface area contributed by atoms with Crippen LogP contribution in [0.15, 0.2) is 29.7 Å². The van der Waals surface area contributed by atoms with E-state index in [4.69, 9.17) is 4.74 Å². The number of ether oxygens (including phenoxy) is 1. The summed E-state index contributed by atoms with van der Waals surface area (Å²) < 4.78 is 7.81. The standard InChI is InChI=1S/C17H19N5O3S/c1-26-17-20-15(19-10-6-11(23)8-12(24)7-10)14-16(21-17)22(9-18-14)13-4-2-3-5-25-13/h6-9,13,23-24H,2-5H2,1H3,(H,19,20,21). The van der Waals surface area contributed by atoms with Crippen LogP contribution in [-0.2, 0) is 4.74 Å². The van der Waals surface area contributed by atoms with Gasteiger partial charge in [0, 0.05) is 30.5 Å². The minimum absolute atomic E-state index is 0.0379. The highest BCUT2D eigenvalue weighted by atomic mass is 32.2. The van der Waals surface area contributed by atoms with Crippen molar-refractivity contribution in [1.29, 1.82) is 0 Å². The molecule has 136 valence electrons. The molecule has 3 heterocycles. The Morgan fingerprint density at radius 2 is 2.00 bits per heavy atom. The molecule has 0 radical (unpaired) electrons. The Balaban J connectivity index is 1.77. The minimum Gasteiger partial charge on any atom is -0.508 e. The van der Waals surface area contributed by atoms with E-state index in [1.165, 1.54) is 30.0 Å². The first-order valence-electron chi connectivity index (χ1n) is 8.34. The number of benzene rings is 1. The summed E-state index contributed by atoms with van der Waals surface area (Å²) in [7, 11) is 0. The van der Waals surface area contributed by atoms with Crippen LogP contribution >= 0.6 is 11.8 Å². The summed E-state index contributed by atoms with van der Waals surface area (Å²) in [6.45, 7) is 0.735. The van der Waals surface area contributed by atoms with Crippen molar-refractivity contribution in [2.45, 2.75) is 30.6 Å². The number of anilines is 2. The van der Waals surface area contributed by atoms with Gasteiger partial charge in [-0.15, -0.1) is 0 Å². The van der Waals surface area contributed by atoms with Crippen LogP contribution in [0.3, 0.4) is 0 Å². The molecule has 1 atom stereocenters. The lowest BCUT2D eigenvalue weighted by molar-refractivity contribution is -0.0298. The number of nitrogens with zero attached hydrogens (tertiary/aromatic N) is 4. The van der Waals surface area contributed by atoms with Crippen LogP contribution in [0.4, 0.5) is 11.5 Å². The number of aromatic nitrogens is 4. The summed E-state index contributed by atoms with van der Waals surface area (Å²) in [5.74, 6) is 0.437. The number of phenols is 2. The van der Waals surface area contributed by atoms with Gasteiger partial charge in [-0.25, -0.2) is 15.0 Å². The third-order valence-corrected chi connectivity index (χ3v) is 4.76. The fraction of sp³-hybridized carbons (Fsp3) is 0.353. The van der Waals surface area contributed by atoms with E-state index in [2.05, 4.69) is 20.3 Å². The molecule has 8 nitrogen and oxygen atoms in total. The average molecular weight is 373 g/mol. The molecule has 0 aliphatic carbocycles. The first kappa shape index (κ1) is 16.9. The zero-order valence-electron chi connectivity index (χ0n) is 14.2. The zero-order valence-corrected chi connectivity index (χ0v) is 15.0. The molecule has 1 aromatic carbocycles. The number of fused-ring (bicyclic) bond motifs is 1. The molecule has 0 saturated carbocycles. The van der Waals surface area contributed by atoms with Gasteiger partial charge in [-0.05, 0) is 25.5 Å². The maximum absolute atomic E-state index is 9.69. The van der Waals surface area contributed by atoms with Crippen LogP contribution in [0.1, 0.15) is 25.5 Å². The van der Waals surface area contributed by atoms with E-state index in [0.29, 0.717) is 27.8 Å². The Labute approximate surface area is 154 Å². The Bertz CT molecular complexity index is 919. The van der Waals surface area contributed by atoms with E-state index in [9.17, 15) is 10.2 Å². The molecular formula is C17H19N5O3S. The zero-order chi connectivity index (χ0) is 18.1. The van der Waals surface area contributed by atoms with Crippen LogP contribution in [0.5, 0.6) is 11.5 Å². The van der Waals surface area contributed by atoms with Crippen LogP contribution in [0, 0.1) is 0 Å². The lowest BCUT2D eigenvalue weighted by atomic mass is 10.2. The largest absolute Gasteiger partial charge is 0.508 e. The maximum atomic E-state index is 9.69. The van der Waals surface area contributed by atoms with Gasteiger partial charge in [0.1, 0.15) is 17.7 Å². The minimum atomic E-state index is -0.0731. The monoisotopic (exact) mass is 373 g/mol. The summed E-state index contributed by atoms with van der Waals surface area (Å²) in [5.41, 5.74) is 1.82. The second-order valence-corrected chi connectivity index (χ2v) is 6.84. The summed E-state index contributed by atoms with van der Waals surface area (Å²) >= 11 is 1.43. The number of hydrogen-bond acceptors (Lipinski definition) is 8. The number of nitrogens with one attached hydrogen (secondary N) is 1. The SMILES string of the molecule is CSc1nc(Nc2cc(O)cc(O)c2)c2ncn(C3CCCCO3)c2n1. The molecule has 0 spiro atoms. The number of hydrogen-bond donors (Lipinski definition) is 3. The lowest BCUT2D eigenvalue weighted by Gasteiger charge is -2.23. The van der Waals surface area contributed by atoms with Gasteiger partial charge in [0.25, 0.3) is 0 Å². The van der Waals surface area contributed by atoms with E-state index < -0.39 is 0 Å². The van der Waals surface area contributed by atoms with Gasteiger partial charge in [-0.1, -0.05) is 11.8 Å². The molecule has 1 aliphatic rings. The lowest BCUT2D eigenvalue weighted by Crippen LogP contribution is -2.17. The van der Waals surface area contributed by atoms with Gasteiger partial charge >= 0.3 is 0 Å². The van der Waals surface area contributed by atoms with Gasteiger partial charge in [-0.3, -0.25) is 4.57 Å². The van der Waals surface area contributed by atoms with Crippen LogP contribution in [0.2, 0.25) is 0 Å². The van der Waals surface area contributed by atoms with Crippen molar-refractivity contribution in [3.8, 4) is 11.5 Å². The molecule has 4 rings (SSSR count). The highest BCUT2D eigenvalue weighted by Gasteiger charge is 2.21. The van der Waals surface area contributed by atoms with Crippen molar-refractivity contribution in [1.82, 2.24) is 19.5 Å². The predicted octanol–water partition coefficient (Wildman–Crippen LogP) is 3.40. The van der Waals surface area contributed by atoms with Gasteiger partial charge in [-0.2, -0.15) is 0 Å². The summed E-state index contributed by atoms with van der Waals surface area (Å²) in [4.78, 5) is 13.6. The van der Waals surface area contributed by atoms with Crippen LogP contribution in [0.25, 0.3) is 11.2 Å². The third-order valence-electron chi connectivity index (χ3n) is 4.21. The van der Waals surface area contributed by atoms with Crippen LogP contribution in [-0.4, -0.2) is 42.6 Å². The van der Waals surface area contributed by atoms with Crippen LogP contribution < -0.4 is 5.32 Å². The van der Waals surface area contributed by atoms with Gasteiger partial charge < -0.3 is 20.3 Å². The second-order valence-electron chi connectivity index (χ2n) is 6.07. The highest BCUT2D eigenvalue weighted by Crippen LogP contribution is 2.32. The van der Waals surface area contributed by atoms with Crippen molar-refractivity contribution in [2.24, 2.45) is 0 Å². The molecule has 9 heteroatoms. The van der Waals surface area contributed by atoms with E-state index in [1.807, 2.05) is 10.8 Å². The molecule has 1 unspecified atom stereocenters. The molecule has 1 aliphatic heterocycles. The number of thioether (sulfide) groups is 1. The molecule has 2 aromatic heterocycles. The molecule has 1 saturated heterocycles. The van der Waals surface area contributed by atoms with Gasteiger partial charge in [0.05, 0.1) is 6.33 Å². The number of rotatable bonds is 4. The number of phenolic OH excluding ortho intramolecular Hbond substituents is 2. The van der Waals surface area contributed by atoms with E-state index in [-0.39, 0.29) is 17.7 Å². The fourth-order valence-corrected chi connectivity index (χ4v) is 3.39. The van der Waals surface area contributed by atoms with Crippen molar-refractivity contribution in [2.75, 3.05) is 18.2 Å². The third kappa shape index (κ3) is 3.27. The molecule has 0 amide bonds. The van der Waals surface area contributed by atoms with E-state index in [0.717, 1.165) is 25.9 Å². The molecule has 3 N–H and O–H groups in total. The maximum Gasteiger partial charge on any atom is 0.191 e. The molecule has 3 aromatic rings. The molecule has 1 fully saturated rings. The smallest absolute Gasteiger partial charge is 0.191 e. The van der Waals surface area contributed by atoms with Crippen molar-refractivity contribution >= 4 is 34.4 Å². The van der Waals surface area contributed by atoms with Crippen molar-refractivity contribution in [3.63, 3.8) is 0 Å². The van der Waals surface area contributed by atoms with Gasteiger partial charge in [0.15, 0.2) is 22.1 Å². The Kier molecular flexibility index (Phi) is 4.56. The fourth-order valence-electron chi connectivity index (χ4n) is 3.03. The predicted molar refractivity (Wildman–Crippen MR) is 99.0 cm³/mol. The number of aromatic hydroxyl groups is 2. The van der Waals surface area contributed by atoms with Crippen molar-refractivity contribution in [3.05, 3.63) is 24.5 Å². The molecular weight excluding hydrogens is 354 g/mol. The molecule has 26 heavy (non-hydrogen) atoms. The Hall–Kier alpha value is -2.52. The first-order chi connectivity index (χ1) is 12.6. The van der Waals surface area contributed by atoms with Crippen molar-refractivity contribution < 1.29 is 14.9 Å². The normalized spacial score (nSPS) is 17.5. The topological polar surface area (TPSA) is 105 Å². The Morgan fingerprint density at radius 1 is 1.19 bits per heavy atom. The number of imidazole rings is 1. The summed E-state index contributed by atoms with van der Waals surface area (Å²) in [6, 6.07) is 4.28. The first-order valence-corrected chi connectivity index (χ1v) is 9.57. The highest BCUT2D eigenvalue weighted by molar-refractivity contribution is 7.98.